The van der Waals surface area contributed by atoms with Crippen molar-refractivity contribution in [1.82, 2.24) is 19.5 Å². The van der Waals surface area contributed by atoms with Crippen LogP contribution < -0.4 is 20.8 Å². The second kappa shape index (κ2) is 7.75. The summed E-state index contributed by atoms with van der Waals surface area (Å²) in [6.45, 7) is 1.86. The number of H-pyrrole nitrogens is 1. The van der Waals surface area contributed by atoms with Crippen LogP contribution in [-0.2, 0) is 13.1 Å². The Kier molecular flexibility index (Phi) is 4.58. The largest absolute Gasteiger partial charge is 0.486 e. The number of hydrogen-bond donors (Lipinski definition) is 2. The average Bonchev–Trinajstić information content (AvgIpc) is 3.21. The molecule has 0 atom stereocenters. The standard InChI is InChI=1S/C25H21N5O3/c26-12-15-4-3-5-16(27-15)13-30-14-18(17-6-1-2-7-20(17)30)22-25(31)28-19-8-9-21-24(23(19)29-22)33-11-10-32-21/h1-9,14H,10-13,26H2,(H,28,31). The number of para-hydroxylation sites is 1. The van der Waals surface area contributed by atoms with Gasteiger partial charge in [-0.1, -0.05) is 24.3 Å². The molecule has 3 N–H and O–H groups in total. The van der Waals surface area contributed by atoms with Gasteiger partial charge in [-0.2, -0.15) is 0 Å². The minimum atomic E-state index is -0.259. The zero-order valence-electron chi connectivity index (χ0n) is 17.7. The molecule has 0 radical (unpaired) electrons. The molecule has 0 amide bonds. The number of aromatic amines is 1. The van der Waals surface area contributed by atoms with Crippen LogP contribution in [0.3, 0.4) is 0 Å². The Morgan fingerprint density at radius 1 is 0.970 bits per heavy atom. The van der Waals surface area contributed by atoms with Gasteiger partial charge in [0, 0.05) is 29.2 Å². The molecule has 0 bridgehead atoms. The molecule has 1 aliphatic heterocycles. The predicted octanol–water partition coefficient (Wildman–Crippen LogP) is 3.22. The van der Waals surface area contributed by atoms with Crippen LogP contribution >= 0.6 is 0 Å². The Morgan fingerprint density at radius 3 is 2.73 bits per heavy atom. The summed E-state index contributed by atoms with van der Waals surface area (Å²) in [5.74, 6) is 1.19. The van der Waals surface area contributed by atoms with E-state index in [9.17, 15) is 4.79 Å². The molecule has 4 heterocycles. The van der Waals surface area contributed by atoms with Crippen molar-refractivity contribution >= 4 is 21.9 Å². The maximum absolute atomic E-state index is 13.1. The van der Waals surface area contributed by atoms with Gasteiger partial charge in [-0.05, 0) is 30.3 Å². The van der Waals surface area contributed by atoms with Gasteiger partial charge in [0.2, 0.25) is 0 Å². The molecular weight excluding hydrogens is 418 g/mol. The minimum Gasteiger partial charge on any atom is -0.486 e. The third-order valence-electron chi connectivity index (χ3n) is 5.82. The van der Waals surface area contributed by atoms with Crippen molar-refractivity contribution in [2.24, 2.45) is 5.73 Å². The molecule has 0 fully saturated rings. The second-order valence-electron chi connectivity index (χ2n) is 7.91. The highest BCUT2D eigenvalue weighted by atomic mass is 16.6. The summed E-state index contributed by atoms with van der Waals surface area (Å²) >= 11 is 0. The molecule has 0 saturated carbocycles. The highest BCUT2D eigenvalue weighted by molar-refractivity contribution is 5.96. The van der Waals surface area contributed by atoms with E-state index in [2.05, 4.69) is 14.5 Å². The van der Waals surface area contributed by atoms with Crippen LogP contribution in [0.25, 0.3) is 33.2 Å². The molecule has 8 nitrogen and oxygen atoms in total. The van der Waals surface area contributed by atoms with Crippen molar-refractivity contribution in [2.75, 3.05) is 13.2 Å². The first-order chi connectivity index (χ1) is 16.2. The molecule has 8 heteroatoms. The first kappa shape index (κ1) is 19.5. The fourth-order valence-electron chi connectivity index (χ4n) is 4.31. The lowest BCUT2D eigenvalue weighted by Gasteiger charge is -2.19. The smallest absolute Gasteiger partial charge is 0.275 e. The number of benzene rings is 2. The topological polar surface area (TPSA) is 108 Å². The van der Waals surface area contributed by atoms with E-state index >= 15 is 0 Å². The fourth-order valence-corrected chi connectivity index (χ4v) is 4.31. The molecule has 0 saturated heterocycles. The first-order valence-corrected chi connectivity index (χ1v) is 10.8. The fraction of sp³-hybridized carbons (Fsp3) is 0.160. The van der Waals surface area contributed by atoms with Crippen LogP contribution in [0.4, 0.5) is 0 Å². The summed E-state index contributed by atoms with van der Waals surface area (Å²) in [5, 5.41) is 0.937. The number of nitrogens with one attached hydrogen (secondary N) is 1. The van der Waals surface area contributed by atoms with Gasteiger partial charge in [-0.3, -0.25) is 9.78 Å². The van der Waals surface area contributed by atoms with E-state index in [0.29, 0.717) is 54.5 Å². The molecule has 0 unspecified atom stereocenters. The highest BCUT2D eigenvalue weighted by Crippen LogP contribution is 2.37. The van der Waals surface area contributed by atoms with Gasteiger partial charge in [-0.25, -0.2) is 4.98 Å². The van der Waals surface area contributed by atoms with E-state index in [1.807, 2.05) is 48.7 Å². The summed E-state index contributed by atoms with van der Waals surface area (Å²) in [7, 11) is 0. The Hall–Kier alpha value is -4.17. The molecule has 164 valence electrons. The van der Waals surface area contributed by atoms with Crippen LogP contribution in [0.2, 0.25) is 0 Å². The van der Waals surface area contributed by atoms with Crippen molar-refractivity contribution in [3.05, 3.63) is 82.5 Å². The molecule has 0 spiro atoms. The van der Waals surface area contributed by atoms with Gasteiger partial charge in [-0.15, -0.1) is 0 Å². The maximum atomic E-state index is 13.1. The number of ether oxygens (including phenoxy) is 2. The molecule has 6 rings (SSSR count). The van der Waals surface area contributed by atoms with E-state index in [1.165, 1.54) is 0 Å². The number of nitrogens with two attached hydrogens (primary N) is 1. The molecule has 2 aromatic carbocycles. The van der Waals surface area contributed by atoms with Gasteiger partial charge in [0.25, 0.3) is 5.56 Å². The third kappa shape index (κ3) is 3.32. The van der Waals surface area contributed by atoms with Gasteiger partial charge < -0.3 is 24.8 Å². The summed E-state index contributed by atoms with van der Waals surface area (Å²) < 4.78 is 13.6. The second-order valence-corrected chi connectivity index (χ2v) is 7.91. The van der Waals surface area contributed by atoms with Gasteiger partial charge in [0.1, 0.15) is 24.4 Å². The van der Waals surface area contributed by atoms with Gasteiger partial charge in [0.05, 0.1) is 23.4 Å². The number of fused-ring (bicyclic) bond motifs is 4. The van der Waals surface area contributed by atoms with Crippen molar-refractivity contribution in [1.29, 1.82) is 0 Å². The van der Waals surface area contributed by atoms with Crippen molar-refractivity contribution in [3.63, 3.8) is 0 Å². The lowest BCUT2D eigenvalue weighted by Crippen LogP contribution is -2.17. The molecule has 33 heavy (non-hydrogen) atoms. The maximum Gasteiger partial charge on any atom is 0.275 e. The van der Waals surface area contributed by atoms with E-state index in [4.69, 9.17) is 20.2 Å². The number of nitrogens with zero attached hydrogens (tertiary/aromatic N) is 3. The van der Waals surface area contributed by atoms with E-state index in [1.54, 1.807) is 12.1 Å². The average molecular weight is 439 g/mol. The zero-order valence-corrected chi connectivity index (χ0v) is 17.7. The number of rotatable bonds is 4. The van der Waals surface area contributed by atoms with Crippen LogP contribution in [-0.4, -0.2) is 32.7 Å². The van der Waals surface area contributed by atoms with E-state index < -0.39 is 0 Å². The van der Waals surface area contributed by atoms with Crippen molar-refractivity contribution in [2.45, 2.75) is 13.1 Å². The number of pyridine rings is 1. The van der Waals surface area contributed by atoms with Crippen LogP contribution in [0, 0.1) is 0 Å². The summed E-state index contributed by atoms with van der Waals surface area (Å²) in [5.41, 5.74) is 10.5. The molecule has 5 aromatic rings. The summed E-state index contributed by atoms with van der Waals surface area (Å²) in [6.07, 6.45) is 1.96. The van der Waals surface area contributed by atoms with Gasteiger partial charge >= 0.3 is 0 Å². The molecule has 3 aromatic heterocycles. The molecular formula is C25H21N5O3. The van der Waals surface area contributed by atoms with E-state index in [0.717, 1.165) is 27.9 Å². The lowest BCUT2D eigenvalue weighted by atomic mass is 10.1. The van der Waals surface area contributed by atoms with Crippen molar-refractivity contribution < 1.29 is 9.47 Å². The minimum absolute atomic E-state index is 0.259. The van der Waals surface area contributed by atoms with Gasteiger partial charge in [0.15, 0.2) is 11.5 Å². The van der Waals surface area contributed by atoms with Crippen LogP contribution in [0.5, 0.6) is 11.5 Å². The SMILES string of the molecule is NCc1cccc(Cn2cc(-c3nc4c5c(ccc4[nH]c3=O)OCCO5)c3ccccc32)n1. The normalized spacial score (nSPS) is 13.0. The first-order valence-electron chi connectivity index (χ1n) is 10.8. The third-order valence-corrected chi connectivity index (χ3v) is 5.82. The Balaban J connectivity index is 1.53. The van der Waals surface area contributed by atoms with Crippen LogP contribution in [0.1, 0.15) is 11.4 Å². The zero-order chi connectivity index (χ0) is 22.4. The number of hydrogen-bond acceptors (Lipinski definition) is 6. The lowest BCUT2D eigenvalue weighted by molar-refractivity contribution is 0.173. The monoisotopic (exact) mass is 439 g/mol. The predicted molar refractivity (Wildman–Crippen MR) is 126 cm³/mol. The quantitative estimate of drug-likeness (QED) is 0.445. The van der Waals surface area contributed by atoms with Crippen LogP contribution in [0.15, 0.2) is 65.6 Å². The molecule has 1 aliphatic rings. The van der Waals surface area contributed by atoms with E-state index in [-0.39, 0.29) is 5.56 Å². The summed E-state index contributed by atoms with van der Waals surface area (Å²) in [6, 6.07) is 17.4. The number of aromatic nitrogens is 4. The summed E-state index contributed by atoms with van der Waals surface area (Å²) in [4.78, 5) is 25.4. The molecule has 0 aliphatic carbocycles. The Bertz CT molecular complexity index is 1570. The van der Waals surface area contributed by atoms with Crippen molar-refractivity contribution in [3.8, 4) is 22.8 Å². The highest BCUT2D eigenvalue weighted by Gasteiger charge is 2.20. The Morgan fingerprint density at radius 2 is 1.82 bits per heavy atom. The Labute approximate surface area is 188 Å².